The molecule has 0 aliphatic carbocycles. The largest absolute Gasteiger partial charge is 0.393 e. The standard InChI is InChI=1S/C11H13N.C4H11N/c1-3-10(9-12-2)11-7-5-4-6-8-11;1-4(2)5-3/h3-9,12H,1H2,2H3;4-5H,1-3H3/b10-9+;. The number of rotatable bonds is 4. The molecule has 0 atom stereocenters. The summed E-state index contributed by atoms with van der Waals surface area (Å²) in [5.74, 6) is 0. The molecular weight excluding hydrogens is 208 g/mol. The molecule has 0 aromatic heterocycles. The van der Waals surface area contributed by atoms with Crippen LogP contribution in [0.3, 0.4) is 0 Å². The number of hydrogen-bond donors (Lipinski definition) is 2. The Labute approximate surface area is 105 Å². The molecule has 0 spiro atoms. The maximum absolute atomic E-state index is 3.75. The molecular formula is C15H24N2. The van der Waals surface area contributed by atoms with Crippen LogP contribution >= 0.6 is 0 Å². The van der Waals surface area contributed by atoms with Gasteiger partial charge in [-0.1, -0.05) is 56.8 Å². The zero-order valence-corrected chi connectivity index (χ0v) is 11.3. The minimum Gasteiger partial charge on any atom is -0.393 e. The van der Waals surface area contributed by atoms with E-state index in [9.17, 15) is 0 Å². The monoisotopic (exact) mass is 232 g/mol. The summed E-state index contributed by atoms with van der Waals surface area (Å²) >= 11 is 0. The van der Waals surface area contributed by atoms with Crippen LogP contribution in [0.1, 0.15) is 19.4 Å². The molecule has 0 amide bonds. The fourth-order valence-electron chi connectivity index (χ4n) is 1.05. The van der Waals surface area contributed by atoms with Crippen molar-refractivity contribution in [1.82, 2.24) is 10.6 Å². The Morgan fingerprint density at radius 2 is 1.71 bits per heavy atom. The van der Waals surface area contributed by atoms with E-state index in [0.29, 0.717) is 6.04 Å². The molecule has 94 valence electrons. The highest BCUT2D eigenvalue weighted by Crippen LogP contribution is 2.12. The number of allylic oxidation sites excluding steroid dienone is 2. The summed E-state index contributed by atoms with van der Waals surface area (Å²) in [6.45, 7) is 7.97. The molecule has 1 aromatic carbocycles. The summed E-state index contributed by atoms with van der Waals surface area (Å²) in [5.41, 5.74) is 2.29. The molecule has 0 aliphatic heterocycles. The van der Waals surface area contributed by atoms with Gasteiger partial charge in [-0.05, 0) is 18.2 Å². The van der Waals surface area contributed by atoms with Gasteiger partial charge in [0.1, 0.15) is 0 Å². The fraction of sp³-hybridized carbons (Fsp3) is 0.333. The van der Waals surface area contributed by atoms with Crippen molar-refractivity contribution in [1.29, 1.82) is 0 Å². The summed E-state index contributed by atoms with van der Waals surface area (Å²) < 4.78 is 0. The lowest BCUT2D eigenvalue weighted by Gasteiger charge is -2.00. The second kappa shape index (κ2) is 9.67. The Balaban J connectivity index is 0.000000437. The summed E-state index contributed by atoms with van der Waals surface area (Å²) in [5, 5.41) is 6.01. The lowest BCUT2D eigenvalue weighted by Crippen LogP contribution is -2.15. The van der Waals surface area contributed by atoms with Gasteiger partial charge in [0.25, 0.3) is 0 Å². The van der Waals surface area contributed by atoms with Gasteiger partial charge in [-0.25, -0.2) is 0 Å². The molecule has 17 heavy (non-hydrogen) atoms. The van der Waals surface area contributed by atoms with Crippen LogP contribution in [0.15, 0.2) is 49.2 Å². The molecule has 2 nitrogen and oxygen atoms in total. The van der Waals surface area contributed by atoms with Crippen LogP contribution in [0.2, 0.25) is 0 Å². The van der Waals surface area contributed by atoms with Crippen molar-refractivity contribution in [2.45, 2.75) is 19.9 Å². The van der Waals surface area contributed by atoms with Crippen LogP contribution in [0.4, 0.5) is 0 Å². The average molecular weight is 232 g/mol. The van der Waals surface area contributed by atoms with E-state index in [1.165, 1.54) is 5.56 Å². The molecule has 1 aromatic rings. The summed E-state index contributed by atoms with van der Waals surface area (Å²) in [7, 11) is 3.83. The van der Waals surface area contributed by atoms with Crippen molar-refractivity contribution in [2.75, 3.05) is 14.1 Å². The van der Waals surface area contributed by atoms with Crippen LogP contribution in [-0.4, -0.2) is 20.1 Å². The van der Waals surface area contributed by atoms with Crippen LogP contribution in [0.25, 0.3) is 5.57 Å². The van der Waals surface area contributed by atoms with Crippen molar-refractivity contribution in [3.63, 3.8) is 0 Å². The Bertz CT molecular complexity index is 326. The van der Waals surface area contributed by atoms with Crippen molar-refractivity contribution in [2.24, 2.45) is 0 Å². The van der Waals surface area contributed by atoms with Gasteiger partial charge in [0.2, 0.25) is 0 Å². The highest BCUT2D eigenvalue weighted by molar-refractivity contribution is 5.72. The van der Waals surface area contributed by atoms with Gasteiger partial charge in [-0.2, -0.15) is 0 Å². The van der Waals surface area contributed by atoms with E-state index in [2.05, 4.69) is 43.2 Å². The first-order chi connectivity index (χ1) is 8.15. The number of hydrogen-bond acceptors (Lipinski definition) is 2. The normalized spacial score (nSPS) is 10.5. The van der Waals surface area contributed by atoms with Crippen LogP contribution in [-0.2, 0) is 0 Å². The van der Waals surface area contributed by atoms with Crippen LogP contribution < -0.4 is 10.6 Å². The first-order valence-corrected chi connectivity index (χ1v) is 5.88. The predicted octanol–water partition coefficient (Wildman–Crippen LogP) is 3.05. The van der Waals surface area contributed by atoms with E-state index in [1.807, 2.05) is 44.6 Å². The molecule has 0 saturated carbocycles. The van der Waals surface area contributed by atoms with Crippen molar-refractivity contribution >= 4 is 5.57 Å². The maximum atomic E-state index is 3.75. The van der Waals surface area contributed by atoms with Crippen molar-refractivity contribution < 1.29 is 0 Å². The zero-order valence-electron chi connectivity index (χ0n) is 11.3. The third-order valence-corrected chi connectivity index (χ3v) is 2.20. The summed E-state index contributed by atoms with van der Waals surface area (Å²) in [6, 6.07) is 10.8. The highest BCUT2D eigenvalue weighted by atomic mass is 14.8. The lowest BCUT2D eigenvalue weighted by molar-refractivity contribution is 0.668. The van der Waals surface area contributed by atoms with E-state index in [-0.39, 0.29) is 0 Å². The molecule has 0 fully saturated rings. The van der Waals surface area contributed by atoms with E-state index in [1.54, 1.807) is 0 Å². The SMILES string of the molecule is C=C/C(=C\NC)c1ccccc1.CNC(C)C. The average Bonchev–Trinajstić information content (AvgIpc) is 2.37. The van der Waals surface area contributed by atoms with Gasteiger partial charge < -0.3 is 10.6 Å². The predicted molar refractivity (Wildman–Crippen MR) is 77.9 cm³/mol. The minimum absolute atomic E-state index is 0.634. The van der Waals surface area contributed by atoms with E-state index < -0.39 is 0 Å². The number of nitrogens with one attached hydrogen (secondary N) is 2. The molecule has 0 heterocycles. The quantitative estimate of drug-likeness (QED) is 0.780. The van der Waals surface area contributed by atoms with E-state index in [0.717, 1.165) is 5.57 Å². The summed E-state index contributed by atoms with van der Waals surface area (Å²) in [4.78, 5) is 0. The zero-order chi connectivity index (χ0) is 13.1. The fourth-order valence-corrected chi connectivity index (χ4v) is 1.05. The number of benzene rings is 1. The molecule has 0 aliphatic rings. The van der Waals surface area contributed by atoms with E-state index in [4.69, 9.17) is 0 Å². The molecule has 0 bridgehead atoms. The van der Waals surface area contributed by atoms with Gasteiger partial charge in [0.05, 0.1) is 0 Å². The van der Waals surface area contributed by atoms with Crippen molar-refractivity contribution in [3.8, 4) is 0 Å². The second-order valence-electron chi connectivity index (χ2n) is 3.90. The third kappa shape index (κ3) is 7.36. The maximum Gasteiger partial charge on any atom is 0.00410 e. The lowest BCUT2D eigenvalue weighted by atomic mass is 10.1. The molecule has 1 rings (SSSR count). The third-order valence-electron chi connectivity index (χ3n) is 2.20. The minimum atomic E-state index is 0.634. The Hall–Kier alpha value is -1.54. The highest BCUT2D eigenvalue weighted by Gasteiger charge is 1.93. The van der Waals surface area contributed by atoms with E-state index >= 15 is 0 Å². The molecule has 0 unspecified atom stereocenters. The van der Waals surface area contributed by atoms with Gasteiger partial charge >= 0.3 is 0 Å². The Morgan fingerprint density at radius 1 is 1.18 bits per heavy atom. The topological polar surface area (TPSA) is 24.1 Å². The van der Waals surface area contributed by atoms with Gasteiger partial charge in [0.15, 0.2) is 0 Å². The molecule has 0 radical (unpaired) electrons. The molecule has 0 saturated heterocycles. The smallest absolute Gasteiger partial charge is 0.00410 e. The first-order valence-electron chi connectivity index (χ1n) is 5.88. The Kier molecular flexibility index (Phi) is 8.79. The summed E-state index contributed by atoms with van der Waals surface area (Å²) in [6.07, 6.45) is 3.77. The second-order valence-corrected chi connectivity index (χ2v) is 3.90. The Morgan fingerprint density at radius 3 is 2.06 bits per heavy atom. The van der Waals surface area contributed by atoms with Crippen LogP contribution in [0, 0.1) is 0 Å². The van der Waals surface area contributed by atoms with Gasteiger partial charge in [-0.3, -0.25) is 0 Å². The first kappa shape index (κ1) is 15.5. The van der Waals surface area contributed by atoms with Crippen LogP contribution in [0.5, 0.6) is 0 Å². The van der Waals surface area contributed by atoms with Gasteiger partial charge in [-0.15, -0.1) is 0 Å². The van der Waals surface area contributed by atoms with Gasteiger partial charge in [0, 0.05) is 19.3 Å². The molecule has 2 N–H and O–H groups in total. The molecule has 2 heteroatoms. The van der Waals surface area contributed by atoms with Crippen molar-refractivity contribution in [3.05, 3.63) is 54.8 Å².